The van der Waals surface area contributed by atoms with E-state index < -0.39 is 16.4 Å². The summed E-state index contributed by atoms with van der Waals surface area (Å²) in [7, 11) is -3.16. The van der Waals surface area contributed by atoms with Crippen molar-refractivity contribution in [3.8, 4) is 12.3 Å². The summed E-state index contributed by atoms with van der Waals surface area (Å²) in [5.41, 5.74) is 0. The van der Waals surface area contributed by atoms with Crippen molar-refractivity contribution in [1.82, 2.24) is 0 Å². The SMILES string of the molecule is C#CC(C)CC1C[C@](Br)(C[Si](C)(C)C)[C@H](O[Si](C)(C)C(C)(C)C)O1. The minimum atomic E-state index is -1.89. The summed E-state index contributed by atoms with van der Waals surface area (Å²) in [4.78, 5) is 0. The minimum absolute atomic E-state index is 0.0774. The zero-order valence-electron chi connectivity index (χ0n) is 17.1. The molecule has 0 radical (unpaired) electrons. The average Bonchev–Trinajstić information content (AvgIpc) is 2.60. The summed E-state index contributed by atoms with van der Waals surface area (Å²) in [5.74, 6) is 3.08. The van der Waals surface area contributed by atoms with Gasteiger partial charge in [0, 0.05) is 14.0 Å². The maximum atomic E-state index is 6.71. The lowest BCUT2D eigenvalue weighted by Crippen LogP contribution is -2.50. The lowest BCUT2D eigenvalue weighted by atomic mass is 9.99. The van der Waals surface area contributed by atoms with Crippen LogP contribution < -0.4 is 0 Å². The highest BCUT2D eigenvalue weighted by molar-refractivity contribution is 9.10. The van der Waals surface area contributed by atoms with Gasteiger partial charge in [-0.15, -0.1) is 12.3 Å². The van der Waals surface area contributed by atoms with Crippen LogP contribution >= 0.6 is 15.9 Å². The van der Waals surface area contributed by atoms with Crippen LogP contribution in [0.3, 0.4) is 0 Å². The van der Waals surface area contributed by atoms with E-state index in [1.165, 1.54) is 0 Å². The standard InChI is InChI=1S/C19H37BrO2Si2/c1-11-15(2)12-16-13-19(20,14-23(6,7)8)17(21-16)22-24(9,10)18(3,4)5/h1,15-17H,12-14H2,2-10H3/t15?,16?,17-,19-/m0/s1. The van der Waals surface area contributed by atoms with E-state index >= 15 is 0 Å². The second kappa shape index (κ2) is 7.56. The van der Waals surface area contributed by atoms with E-state index in [0.717, 1.165) is 18.9 Å². The molecule has 2 unspecified atom stereocenters. The molecule has 0 aromatic heterocycles. The first-order valence-electron chi connectivity index (χ1n) is 9.08. The monoisotopic (exact) mass is 432 g/mol. The van der Waals surface area contributed by atoms with Crippen LogP contribution in [0.1, 0.15) is 40.5 Å². The molecular weight excluding hydrogens is 396 g/mol. The molecule has 2 nitrogen and oxygen atoms in total. The fraction of sp³-hybridized carbons (Fsp3) is 0.895. The maximum Gasteiger partial charge on any atom is 0.195 e. The highest BCUT2D eigenvalue weighted by Crippen LogP contribution is 2.49. The van der Waals surface area contributed by atoms with Crippen molar-refractivity contribution in [3.63, 3.8) is 0 Å². The number of halogens is 1. The molecule has 1 heterocycles. The van der Waals surface area contributed by atoms with Gasteiger partial charge < -0.3 is 9.16 Å². The summed E-state index contributed by atoms with van der Waals surface area (Å²) >= 11 is 4.08. The Bertz CT molecular complexity index is 473. The van der Waals surface area contributed by atoms with Crippen molar-refractivity contribution in [2.45, 2.75) is 101 Å². The van der Waals surface area contributed by atoms with Crippen molar-refractivity contribution in [2.24, 2.45) is 5.92 Å². The Labute approximate surface area is 160 Å². The smallest absolute Gasteiger partial charge is 0.195 e. The average molecular weight is 434 g/mol. The van der Waals surface area contributed by atoms with Crippen LogP contribution in [0.2, 0.25) is 43.8 Å². The molecular formula is C19H37BrO2Si2. The molecule has 1 fully saturated rings. The van der Waals surface area contributed by atoms with Gasteiger partial charge in [-0.3, -0.25) is 0 Å². The zero-order valence-corrected chi connectivity index (χ0v) is 20.7. The fourth-order valence-electron chi connectivity index (χ4n) is 3.04. The van der Waals surface area contributed by atoms with E-state index in [9.17, 15) is 0 Å². The first kappa shape index (κ1) is 22.4. The topological polar surface area (TPSA) is 18.5 Å². The predicted molar refractivity (Wildman–Crippen MR) is 114 cm³/mol. The molecule has 0 aromatic carbocycles. The lowest BCUT2D eigenvalue weighted by molar-refractivity contribution is -0.0912. The fourth-order valence-corrected chi connectivity index (χ4v) is 9.54. The first-order chi connectivity index (χ1) is 10.6. The van der Waals surface area contributed by atoms with Gasteiger partial charge in [0.2, 0.25) is 0 Å². The van der Waals surface area contributed by atoms with Gasteiger partial charge in [-0.2, -0.15) is 0 Å². The normalized spacial score (nSPS) is 30.2. The van der Waals surface area contributed by atoms with Crippen molar-refractivity contribution >= 4 is 32.3 Å². The van der Waals surface area contributed by atoms with Crippen LogP contribution in [0.5, 0.6) is 0 Å². The Kier molecular flexibility index (Phi) is 7.07. The number of hydrogen-bond acceptors (Lipinski definition) is 2. The summed E-state index contributed by atoms with van der Waals surface area (Å²) in [6.45, 7) is 20.8. The second-order valence-electron chi connectivity index (χ2n) is 10.2. The maximum absolute atomic E-state index is 6.71. The molecule has 0 spiro atoms. The van der Waals surface area contributed by atoms with E-state index in [0.29, 0.717) is 0 Å². The Morgan fingerprint density at radius 3 is 2.25 bits per heavy atom. The summed E-state index contributed by atoms with van der Waals surface area (Å²) in [6, 6.07) is 1.15. The third-order valence-electron chi connectivity index (χ3n) is 5.24. The van der Waals surface area contributed by atoms with Crippen LogP contribution in [-0.2, 0) is 9.16 Å². The van der Waals surface area contributed by atoms with Gasteiger partial charge in [0.25, 0.3) is 0 Å². The molecule has 1 aliphatic heterocycles. The third kappa shape index (κ3) is 5.98. The highest BCUT2D eigenvalue weighted by Gasteiger charge is 2.53. The third-order valence-corrected chi connectivity index (χ3v) is 12.8. The van der Waals surface area contributed by atoms with E-state index in [2.05, 4.69) is 82.3 Å². The molecule has 1 rings (SSSR count). The molecule has 1 saturated heterocycles. The van der Waals surface area contributed by atoms with Gasteiger partial charge >= 0.3 is 0 Å². The van der Waals surface area contributed by atoms with E-state index in [-0.39, 0.29) is 27.7 Å². The molecule has 24 heavy (non-hydrogen) atoms. The van der Waals surface area contributed by atoms with Crippen LogP contribution in [-0.4, -0.2) is 33.1 Å². The molecule has 0 bridgehead atoms. The zero-order chi connectivity index (χ0) is 19.0. The Balaban J connectivity index is 3.01. The van der Waals surface area contributed by atoms with Crippen LogP contribution in [0, 0.1) is 18.3 Å². The van der Waals surface area contributed by atoms with Gasteiger partial charge in [0.05, 0.1) is 10.4 Å². The number of rotatable bonds is 6. The molecule has 0 amide bonds. The molecule has 5 heteroatoms. The quantitative estimate of drug-likeness (QED) is 0.280. The predicted octanol–water partition coefficient (Wildman–Crippen LogP) is 6.25. The summed E-state index contributed by atoms with van der Waals surface area (Å²) < 4.78 is 13.1. The number of ether oxygens (including phenoxy) is 1. The minimum Gasteiger partial charge on any atom is -0.391 e. The van der Waals surface area contributed by atoms with Crippen LogP contribution in [0.4, 0.5) is 0 Å². The molecule has 0 N–H and O–H groups in total. The van der Waals surface area contributed by atoms with Gasteiger partial charge in [-0.1, -0.05) is 63.3 Å². The highest BCUT2D eigenvalue weighted by atomic mass is 79.9. The molecule has 0 aliphatic carbocycles. The molecule has 4 atom stereocenters. The largest absolute Gasteiger partial charge is 0.391 e. The Morgan fingerprint density at radius 1 is 1.29 bits per heavy atom. The first-order valence-corrected chi connectivity index (χ1v) is 16.5. The van der Waals surface area contributed by atoms with Crippen molar-refractivity contribution in [1.29, 1.82) is 0 Å². The van der Waals surface area contributed by atoms with Gasteiger partial charge in [0.15, 0.2) is 14.6 Å². The van der Waals surface area contributed by atoms with Gasteiger partial charge in [0.1, 0.15) is 0 Å². The molecule has 1 aliphatic rings. The van der Waals surface area contributed by atoms with Crippen molar-refractivity contribution < 1.29 is 9.16 Å². The second-order valence-corrected chi connectivity index (χ2v) is 22.1. The van der Waals surface area contributed by atoms with Gasteiger partial charge in [-0.05, 0) is 37.0 Å². The van der Waals surface area contributed by atoms with Crippen molar-refractivity contribution in [3.05, 3.63) is 0 Å². The van der Waals surface area contributed by atoms with Crippen molar-refractivity contribution in [2.75, 3.05) is 0 Å². The lowest BCUT2D eigenvalue weighted by Gasteiger charge is -2.42. The summed E-state index contributed by atoms with van der Waals surface area (Å²) in [6.07, 6.45) is 7.49. The van der Waals surface area contributed by atoms with Crippen LogP contribution in [0.25, 0.3) is 0 Å². The van der Waals surface area contributed by atoms with Crippen LogP contribution in [0.15, 0.2) is 0 Å². The number of hydrogen-bond donors (Lipinski definition) is 0. The number of alkyl halides is 1. The van der Waals surface area contributed by atoms with E-state index in [1.54, 1.807) is 0 Å². The molecule has 0 aromatic rings. The molecule has 140 valence electrons. The molecule has 0 saturated carbocycles. The van der Waals surface area contributed by atoms with E-state index in [1.807, 2.05) is 0 Å². The Morgan fingerprint density at radius 2 is 1.83 bits per heavy atom. The Hall–Kier alpha value is 0.394. The summed E-state index contributed by atoms with van der Waals surface area (Å²) in [5, 5.41) is 0.174. The van der Waals surface area contributed by atoms with E-state index in [4.69, 9.17) is 15.6 Å². The number of terminal acetylenes is 1. The van der Waals surface area contributed by atoms with Gasteiger partial charge in [-0.25, -0.2) is 0 Å².